The molecule has 0 saturated carbocycles. The van der Waals surface area contributed by atoms with Crippen molar-refractivity contribution in [2.75, 3.05) is 5.32 Å². The highest BCUT2D eigenvalue weighted by Crippen LogP contribution is 2.25. The van der Waals surface area contributed by atoms with Crippen LogP contribution in [0.3, 0.4) is 0 Å². The molecule has 3 rings (SSSR count). The van der Waals surface area contributed by atoms with E-state index in [2.05, 4.69) is 15.2 Å². The van der Waals surface area contributed by atoms with Crippen LogP contribution < -0.4 is 10.1 Å². The number of hydrogen-bond acceptors (Lipinski definition) is 5. The second-order valence-corrected chi connectivity index (χ2v) is 6.33. The minimum absolute atomic E-state index is 0.0193. The van der Waals surface area contributed by atoms with Crippen LogP contribution in [-0.4, -0.2) is 27.0 Å². The fourth-order valence-corrected chi connectivity index (χ4v) is 2.70. The molecule has 0 bridgehead atoms. The van der Waals surface area contributed by atoms with Gasteiger partial charge in [-0.1, -0.05) is 0 Å². The number of nitro benzene ring substituents is 1. The van der Waals surface area contributed by atoms with E-state index in [0.717, 1.165) is 12.1 Å². The monoisotopic (exact) mass is 420 g/mol. The SMILES string of the molecule is Cc1cc(-n2cc(NC(=O)c3ccc(OC(F)(F)F)cc3)c(C)n2)ccc1[N+](=O)[O-]. The number of anilines is 1. The summed E-state index contributed by atoms with van der Waals surface area (Å²) in [6.07, 6.45) is -3.28. The van der Waals surface area contributed by atoms with Gasteiger partial charge in [0.25, 0.3) is 11.6 Å². The van der Waals surface area contributed by atoms with Gasteiger partial charge in [-0.15, -0.1) is 13.2 Å². The molecule has 0 spiro atoms. The molecule has 0 atom stereocenters. The molecule has 1 heterocycles. The van der Waals surface area contributed by atoms with Crippen LogP contribution in [0.1, 0.15) is 21.6 Å². The molecule has 1 N–H and O–H groups in total. The van der Waals surface area contributed by atoms with Crippen LogP contribution in [0.4, 0.5) is 24.5 Å². The molecule has 1 amide bonds. The second-order valence-electron chi connectivity index (χ2n) is 6.33. The lowest BCUT2D eigenvalue weighted by atomic mass is 10.2. The predicted molar refractivity (Wildman–Crippen MR) is 101 cm³/mol. The third kappa shape index (κ3) is 4.74. The van der Waals surface area contributed by atoms with E-state index in [1.807, 2.05) is 0 Å². The Morgan fingerprint density at radius 1 is 1.17 bits per heavy atom. The van der Waals surface area contributed by atoms with Crippen molar-refractivity contribution in [3.63, 3.8) is 0 Å². The molecule has 11 heteroatoms. The highest BCUT2D eigenvalue weighted by molar-refractivity contribution is 6.04. The summed E-state index contributed by atoms with van der Waals surface area (Å²) in [5, 5.41) is 17.9. The van der Waals surface area contributed by atoms with E-state index in [-0.39, 0.29) is 11.3 Å². The topological polar surface area (TPSA) is 99.3 Å². The molecule has 0 aliphatic heterocycles. The van der Waals surface area contributed by atoms with E-state index in [4.69, 9.17) is 0 Å². The molecule has 1 aromatic heterocycles. The van der Waals surface area contributed by atoms with Gasteiger partial charge in [0.2, 0.25) is 0 Å². The molecule has 0 unspecified atom stereocenters. The third-order valence-electron chi connectivity index (χ3n) is 4.14. The van der Waals surface area contributed by atoms with Gasteiger partial charge in [0.05, 0.1) is 28.2 Å². The number of aromatic nitrogens is 2. The van der Waals surface area contributed by atoms with E-state index in [1.54, 1.807) is 19.9 Å². The first-order valence-corrected chi connectivity index (χ1v) is 8.52. The number of halogens is 3. The molecule has 3 aromatic rings. The third-order valence-corrected chi connectivity index (χ3v) is 4.14. The molecule has 0 fully saturated rings. The molecule has 0 radical (unpaired) electrons. The number of rotatable bonds is 5. The van der Waals surface area contributed by atoms with E-state index in [9.17, 15) is 28.1 Å². The fourth-order valence-electron chi connectivity index (χ4n) is 2.70. The summed E-state index contributed by atoms with van der Waals surface area (Å²) >= 11 is 0. The maximum atomic E-state index is 12.4. The summed E-state index contributed by atoms with van der Waals surface area (Å²) in [4.78, 5) is 22.9. The van der Waals surface area contributed by atoms with Crippen molar-refractivity contribution in [2.24, 2.45) is 0 Å². The number of alkyl halides is 3. The number of carbonyl (C=O) groups excluding carboxylic acids is 1. The molecule has 0 saturated heterocycles. The maximum absolute atomic E-state index is 12.4. The molecule has 8 nitrogen and oxygen atoms in total. The lowest BCUT2D eigenvalue weighted by Crippen LogP contribution is -2.17. The number of aryl methyl sites for hydroxylation is 2. The molecular formula is C19H15F3N4O4. The first kappa shape index (κ1) is 20.8. The number of nitrogens with one attached hydrogen (secondary N) is 1. The van der Waals surface area contributed by atoms with Crippen molar-refractivity contribution < 1.29 is 27.6 Å². The summed E-state index contributed by atoms with van der Waals surface area (Å²) in [7, 11) is 0. The Balaban J connectivity index is 1.77. The Morgan fingerprint density at radius 2 is 1.83 bits per heavy atom. The Kier molecular flexibility index (Phi) is 5.45. The normalized spacial score (nSPS) is 11.2. The second kappa shape index (κ2) is 7.85. The first-order chi connectivity index (χ1) is 14.0. The lowest BCUT2D eigenvalue weighted by molar-refractivity contribution is -0.385. The fraction of sp³-hybridized carbons (Fsp3) is 0.158. The smallest absolute Gasteiger partial charge is 0.406 e. The van der Waals surface area contributed by atoms with Crippen molar-refractivity contribution >= 4 is 17.3 Å². The zero-order valence-corrected chi connectivity index (χ0v) is 15.7. The molecular weight excluding hydrogens is 405 g/mol. The lowest BCUT2D eigenvalue weighted by Gasteiger charge is -2.09. The number of benzene rings is 2. The summed E-state index contributed by atoms with van der Waals surface area (Å²) in [6.45, 7) is 3.26. The Labute approximate surface area is 168 Å². The van der Waals surface area contributed by atoms with E-state index < -0.39 is 22.9 Å². The minimum atomic E-state index is -4.81. The van der Waals surface area contributed by atoms with Crippen LogP contribution in [0.2, 0.25) is 0 Å². The summed E-state index contributed by atoms with van der Waals surface area (Å²) in [5.74, 6) is -0.979. The van der Waals surface area contributed by atoms with Crippen LogP contribution in [0, 0.1) is 24.0 Å². The zero-order valence-electron chi connectivity index (χ0n) is 15.7. The van der Waals surface area contributed by atoms with Gasteiger partial charge in [-0.3, -0.25) is 14.9 Å². The standard InChI is InChI=1S/C19H15F3N4O4/c1-11-9-14(5-8-17(11)26(28)29)25-10-16(12(2)24-25)23-18(27)13-3-6-15(7-4-13)30-19(20,21)22/h3-10H,1-2H3,(H,23,27). The number of carbonyl (C=O) groups is 1. The minimum Gasteiger partial charge on any atom is -0.406 e. The van der Waals surface area contributed by atoms with Crippen molar-refractivity contribution in [2.45, 2.75) is 20.2 Å². The van der Waals surface area contributed by atoms with Gasteiger partial charge in [-0.05, 0) is 50.2 Å². The summed E-state index contributed by atoms with van der Waals surface area (Å²) < 4.78 is 41.9. The van der Waals surface area contributed by atoms with Crippen LogP contribution in [0.25, 0.3) is 5.69 Å². The Hall–Kier alpha value is -3.89. The Bertz CT molecular complexity index is 1110. The highest BCUT2D eigenvalue weighted by atomic mass is 19.4. The average molecular weight is 420 g/mol. The van der Waals surface area contributed by atoms with Gasteiger partial charge in [0.1, 0.15) is 5.75 Å². The highest BCUT2D eigenvalue weighted by Gasteiger charge is 2.31. The maximum Gasteiger partial charge on any atom is 0.573 e. The molecule has 0 aliphatic carbocycles. The van der Waals surface area contributed by atoms with Gasteiger partial charge in [0.15, 0.2) is 0 Å². The molecule has 0 aliphatic rings. The molecule has 30 heavy (non-hydrogen) atoms. The average Bonchev–Trinajstić information content (AvgIpc) is 3.01. The summed E-state index contributed by atoms with van der Waals surface area (Å²) in [5.41, 5.74) is 1.99. The number of ether oxygens (including phenoxy) is 1. The number of nitro groups is 1. The zero-order chi connectivity index (χ0) is 22.1. The molecule has 156 valence electrons. The number of amides is 1. The van der Waals surface area contributed by atoms with E-state index >= 15 is 0 Å². The first-order valence-electron chi connectivity index (χ1n) is 8.52. The van der Waals surface area contributed by atoms with Crippen LogP contribution >= 0.6 is 0 Å². The predicted octanol–water partition coefficient (Wildman–Crippen LogP) is 4.55. The van der Waals surface area contributed by atoms with Crippen molar-refractivity contribution in [1.82, 2.24) is 9.78 Å². The Morgan fingerprint density at radius 3 is 2.40 bits per heavy atom. The van der Waals surface area contributed by atoms with Crippen LogP contribution in [0.5, 0.6) is 5.75 Å². The van der Waals surface area contributed by atoms with Gasteiger partial charge in [0, 0.05) is 17.2 Å². The van der Waals surface area contributed by atoms with Crippen molar-refractivity contribution in [1.29, 1.82) is 0 Å². The van der Waals surface area contributed by atoms with E-state index in [0.29, 0.717) is 22.6 Å². The van der Waals surface area contributed by atoms with Gasteiger partial charge >= 0.3 is 6.36 Å². The van der Waals surface area contributed by atoms with Gasteiger partial charge < -0.3 is 10.1 Å². The summed E-state index contributed by atoms with van der Waals surface area (Å²) in [6, 6.07) is 8.98. The van der Waals surface area contributed by atoms with Crippen molar-refractivity contribution in [3.8, 4) is 11.4 Å². The van der Waals surface area contributed by atoms with E-state index in [1.165, 1.54) is 35.1 Å². The molecule has 2 aromatic carbocycles. The van der Waals surface area contributed by atoms with Gasteiger partial charge in [-0.2, -0.15) is 5.10 Å². The number of hydrogen-bond donors (Lipinski definition) is 1. The van der Waals surface area contributed by atoms with Crippen molar-refractivity contribution in [3.05, 3.63) is 75.6 Å². The van der Waals surface area contributed by atoms with Gasteiger partial charge in [-0.25, -0.2) is 4.68 Å². The quantitative estimate of drug-likeness (QED) is 0.482. The largest absolute Gasteiger partial charge is 0.573 e. The van der Waals surface area contributed by atoms with Crippen LogP contribution in [0.15, 0.2) is 48.7 Å². The van der Waals surface area contributed by atoms with Crippen LogP contribution in [-0.2, 0) is 0 Å². The number of nitrogens with zero attached hydrogens (tertiary/aromatic N) is 3.